The summed E-state index contributed by atoms with van der Waals surface area (Å²) in [5, 5.41) is 0. The van der Waals surface area contributed by atoms with E-state index in [-0.39, 0.29) is 0 Å². The van der Waals surface area contributed by atoms with Gasteiger partial charge in [-0.1, -0.05) is 13.8 Å². The van der Waals surface area contributed by atoms with Gasteiger partial charge in [-0.3, -0.25) is 0 Å². The van der Waals surface area contributed by atoms with Gasteiger partial charge in [0.25, 0.3) is 0 Å². The van der Waals surface area contributed by atoms with Crippen LogP contribution < -0.4 is 0 Å². The molecule has 1 saturated carbocycles. The van der Waals surface area contributed by atoms with E-state index in [9.17, 15) is 0 Å². The molecule has 1 heteroatoms. The second-order valence-electron chi connectivity index (χ2n) is 5.07. The van der Waals surface area contributed by atoms with E-state index in [4.69, 9.17) is 0 Å². The van der Waals surface area contributed by atoms with Crippen LogP contribution in [0.3, 0.4) is 0 Å². The number of hydrogen-bond acceptors (Lipinski definition) is 1. The molecule has 0 bridgehead atoms. The van der Waals surface area contributed by atoms with Gasteiger partial charge in [0.15, 0.2) is 0 Å². The van der Waals surface area contributed by atoms with Gasteiger partial charge < -0.3 is 4.90 Å². The number of likely N-dealkylation sites (tertiary alicyclic amines) is 1. The molecule has 1 nitrogen and oxygen atoms in total. The summed E-state index contributed by atoms with van der Waals surface area (Å²) in [5.41, 5.74) is 0. The summed E-state index contributed by atoms with van der Waals surface area (Å²) in [6, 6.07) is 0.942. The van der Waals surface area contributed by atoms with E-state index < -0.39 is 0 Å². The molecule has 2 aliphatic rings. The van der Waals surface area contributed by atoms with Crippen LogP contribution in [0.1, 0.15) is 33.1 Å². The maximum absolute atomic E-state index is 2.58. The molecule has 3 unspecified atom stereocenters. The fraction of sp³-hybridized carbons (Fsp3) is 1.00. The van der Waals surface area contributed by atoms with Crippen LogP contribution in [0, 0.1) is 17.8 Å². The number of hydrogen-bond donors (Lipinski definition) is 0. The van der Waals surface area contributed by atoms with E-state index in [0.29, 0.717) is 0 Å². The molecule has 2 rings (SSSR count). The van der Waals surface area contributed by atoms with Crippen LogP contribution in [0.15, 0.2) is 0 Å². The summed E-state index contributed by atoms with van der Waals surface area (Å²) in [6.45, 7) is 6.11. The first-order valence-electron chi connectivity index (χ1n) is 5.38. The largest absolute Gasteiger partial charge is 0.303 e. The molecule has 0 aromatic heterocycles. The number of rotatable bonds is 1. The molecule has 0 aromatic rings. The normalized spacial score (nSPS) is 42.5. The average molecular weight is 167 g/mol. The topological polar surface area (TPSA) is 3.24 Å². The molecule has 1 saturated heterocycles. The molecule has 3 atom stereocenters. The highest BCUT2D eigenvalue weighted by Gasteiger charge is 2.40. The third-order valence-electron chi connectivity index (χ3n) is 4.06. The summed E-state index contributed by atoms with van der Waals surface area (Å²) < 4.78 is 0. The molecule has 1 heterocycles. The van der Waals surface area contributed by atoms with Gasteiger partial charge in [0.2, 0.25) is 0 Å². The van der Waals surface area contributed by atoms with Gasteiger partial charge in [0, 0.05) is 6.04 Å². The lowest BCUT2D eigenvalue weighted by atomic mass is 9.93. The van der Waals surface area contributed by atoms with Crippen molar-refractivity contribution >= 4 is 0 Å². The Morgan fingerprint density at radius 1 is 1.25 bits per heavy atom. The highest BCUT2D eigenvalue weighted by molar-refractivity contribution is 4.94. The maximum atomic E-state index is 2.58. The van der Waals surface area contributed by atoms with Gasteiger partial charge in [0.1, 0.15) is 0 Å². The summed E-state index contributed by atoms with van der Waals surface area (Å²) in [5.74, 6) is 2.97. The highest BCUT2D eigenvalue weighted by Crippen LogP contribution is 2.43. The summed E-state index contributed by atoms with van der Waals surface area (Å²) in [4.78, 5) is 2.58. The predicted molar refractivity (Wildman–Crippen MR) is 52.1 cm³/mol. The lowest BCUT2D eigenvalue weighted by molar-refractivity contribution is 0.274. The second kappa shape index (κ2) is 3.02. The van der Waals surface area contributed by atoms with Crippen LogP contribution in [-0.2, 0) is 0 Å². The lowest BCUT2D eigenvalue weighted by Gasteiger charge is -2.19. The highest BCUT2D eigenvalue weighted by atomic mass is 15.2. The van der Waals surface area contributed by atoms with Crippen LogP contribution in [-0.4, -0.2) is 24.5 Å². The minimum absolute atomic E-state index is 0.906. The van der Waals surface area contributed by atoms with Crippen LogP contribution in [0.2, 0.25) is 0 Å². The average Bonchev–Trinajstić information content (AvgIpc) is 2.53. The van der Waals surface area contributed by atoms with E-state index in [1.807, 2.05) is 0 Å². The first-order valence-corrected chi connectivity index (χ1v) is 5.38. The Morgan fingerprint density at radius 2 is 2.00 bits per heavy atom. The molecule has 1 aliphatic carbocycles. The Kier molecular flexibility index (Phi) is 2.16. The van der Waals surface area contributed by atoms with E-state index in [1.165, 1.54) is 25.8 Å². The van der Waals surface area contributed by atoms with Crippen LogP contribution in [0.5, 0.6) is 0 Å². The van der Waals surface area contributed by atoms with Gasteiger partial charge in [-0.05, 0) is 50.6 Å². The number of nitrogens with zero attached hydrogens (tertiary/aromatic N) is 1. The molecule has 0 spiro atoms. The summed E-state index contributed by atoms with van der Waals surface area (Å²) in [7, 11) is 2.30. The van der Waals surface area contributed by atoms with E-state index in [1.54, 1.807) is 0 Å². The fourth-order valence-corrected chi connectivity index (χ4v) is 3.07. The molecule has 0 amide bonds. The molecule has 0 aromatic carbocycles. The van der Waals surface area contributed by atoms with Gasteiger partial charge in [-0.15, -0.1) is 0 Å². The van der Waals surface area contributed by atoms with Crippen LogP contribution in [0.25, 0.3) is 0 Å². The fourth-order valence-electron chi connectivity index (χ4n) is 3.07. The van der Waals surface area contributed by atoms with Gasteiger partial charge >= 0.3 is 0 Å². The second-order valence-corrected chi connectivity index (χ2v) is 5.07. The van der Waals surface area contributed by atoms with Gasteiger partial charge in [0.05, 0.1) is 0 Å². The smallest absolute Gasteiger partial charge is 0.0124 e. The minimum Gasteiger partial charge on any atom is -0.303 e. The Morgan fingerprint density at radius 3 is 2.58 bits per heavy atom. The molecule has 70 valence electrons. The first kappa shape index (κ1) is 8.55. The SMILES string of the molecule is CC(C)C1CC2CCN(C)C2C1. The molecule has 1 aliphatic heterocycles. The Bertz CT molecular complexity index is 164. The number of fused-ring (bicyclic) bond motifs is 1. The lowest BCUT2D eigenvalue weighted by Crippen LogP contribution is -2.26. The maximum Gasteiger partial charge on any atom is 0.0124 e. The monoisotopic (exact) mass is 167 g/mol. The minimum atomic E-state index is 0.906. The van der Waals surface area contributed by atoms with E-state index in [0.717, 1.165) is 23.8 Å². The zero-order chi connectivity index (χ0) is 8.72. The third-order valence-corrected chi connectivity index (χ3v) is 4.06. The molecular formula is C11H21N. The zero-order valence-electron chi connectivity index (χ0n) is 8.59. The van der Waals surface area contributed by atoms with Crippen molar-refractivity contribution in [2.24, 2.45) is 17.8 Å². The Hall–Kier alpha value is -0.0400. The summed E-state index contributed by atoms with van der Waals surface area (Å²) >= 11 is 0. The molecule has 2 fully saturated rings. The molecule has 0 radical (unpaired) electrons. The van der Waals surface area contributed by atoms with Crippen molar-refractivity contribution in [1.82, 2.24) is 4.90 Å². The quantitative estimate of drug-likeness (QED) is 0.579. The third kappa shape index (κ3) is 1.28. The Labute approximate surface area is 76.1 Å². The molecular weight excluding hydrogens is 146 g/mol. The standard InChI is InChI=1S/C11H21N/c1-8(2)10-6-9-4-5-12(3)11(9)7-10/h8-11H,4-7H2,1-3H3. The van der Waals surface area contributed by atoms with E-state index in [2.05, 4.69) is 25.8 Å². The predicted octanol–water partition coefficient (Wildman–Crippen LogP) is 2.37. The van der Waals surface area contributed by atoms with E-state index >= 15 is 0 Å². The first-order chi connectivity index (χ1) is 5.68. The van der Waals surface area contributed by atoms with Crippen molar-refractivity contribution in [2.75, 3.05) is 13.6 Å². The van der Waals surface area contributed by atoms with Crippen molar-refractivity contribution < 1.29 is 0 Å². The van der Waals surface area contributed by atoms with Crippen molar-refractivity contribution in [2.45, 2.75) is 39.2 Å². The van der Waals surface area contributed by atoms with Crippen molar-refractivity contribution in [3.8, 4) is 0 Å². The van der Waals surface area contributed by atoms with Crippen LogP contribution >= 0.6 is 0 Å². The van der Waals surface area contributed by atoms with Crippen LogP contribution in [0.4, 0.5) is 0 Å². The zero-order valence-corrected chi connectivity index (χ0v) is 8.59. The summed E-state index contributed by atoms with van der Waals surface area (Å²) in [6.07, 6.45) is 4.44. The van der Waals surface area contributed by atoms with Crippen molar-refractivity contribution in [3.63, 3.8) is 0 Å². The molecule has 12 heavy (non-hydrogen) atoms. The van der Waals surface area contributed by atoms with Crippen molar-refractivity contribution in [3.05, 3.63) is 0 Å². The van der Waals surface area contributed by atoms with Gasteiger partial charge in [-0.2, -0.15) is 0 Å². The van der Waals surface area contributed by atoms with Gasteiger partial charge in [-0.25, -0.2) is 0 Å². The molecule has 0 N–H and O–H groups in total. The Balaban J connectivity index is 1.98. The van der Waals surface area contributed by atoms with Crippen molar-refractivity contribution in [1.29, 1.82) is 0 Å².